The van der Waals surface area contributed by atoms with Gasteiger partial charge in [-0.2, -0.15) is 0 Å². The normalized spacial score (nSPS) is 29.3. The van der Waals surface area contributed by atoms with Gasteiger partial charge in [0.05, 0.1) is 4.92 Å². The van der Waals surface area contributed by atoms with Gasteiger partial charge in [0, 0.05) is 30.7 Å². The minimum Gasteiger partial charge on any atom is -0.377 e. The van der Waals surface area contributed by atoms with Crippen molar-refractivity contribution in [2.24, 2.45) is 5.92 Å². The van der Waals surface area contributed by atoms with Crippen LogP contribution in [0.25, 0.3) is 0 Å². The first kappa shape index (κ1) is 17.2. The molecule has 0 aromatic heterocycles. The lowest BCUT2D eigenvalue weighted by atomic mass is 9.76. The van der Waals surface area contributed by atoms with Crippen LogP contribution in [0.4, 0.5) is 11.4 Å². The Morgan fingerprint density at radius 2 is 1.79 bits per heavy atom. The third-order valence-electron chi connectivity index (χ3n) is 6.07. The van der Waals surface area contributed by atoms with Crippen molar-refractivity contribution in [3.63, 3.8) is 0 Å². The summed E-state index contributed by atoms with van der Waals surface area (Å²) in [7, 11) is 0. The van der Waals surface area contributed by atoms with E-state index in [1.54, 1.807) is 12.1 Å². The lowest BCUT2D eigenvalue weighted by molar-refractivity contribution is -0.384. The SMILES string of the molecule is CC1CCC(C)(N2CCC(Nc3ccccc3[N+](=O)[O-])CC2)CC1. The molecule has 1 N–H and O–H groups in total. The molecule has 0 unspecified atom stereocenters. The molecule has 132 valence electrons. The predicted molar refractivity (Wildman–Crippen MR) is 97.4 cm³/mol. The Kier molecular flexibility index (Phi) is 5.09. The Morgan fingerprint density at radius 1 is 1.17 bits per heavy atom. The van der Waals surface area contributed by atoms with Crippen molar-refractivity contribution in [2.75, 3.05) is 18.4 Å². The van der Waals surface area contributed by atoms with Crippen molar-refractivity contribution in [1.82, 2.24) is 4.90 Å². The highest BCUT2D eigenvalue weighted by atomic mass is 16.6. The Morgan fingerprint density at radius 3 is 2.42 bits per heavy atom. The summed E-state index contributed by atoms with van der Waals surface area (Å²) < 4.78 is 0. The van der Waals surface area contributed by atoms with Gasteiger partial charge in [0.2, 0.25) is 0 Å². The third-order valence-corrected chi connectivity index (χ3v) is 6.07. The standard InChI is InChI=1S/C19H29N3O2/c1-15-7-11-19(2,12-8-15)21-13-9-16(10-14-21)20-17-5-3-4-6-18(17)22(23)24/h3-6,15-16,20H,7-14H2,1-2H3. The van der Waals surface area contributed by atoms with Gasteiger partial charge < -0.3 is 5.32 Å². The number of anilines is 1. The molecule has 3 rings (SSSR count). The molecular weight excluding hydrogens is 302 g/mol. The van der Waals surface area contributed by atoms with Gasteiger partial charge in [-0.25, -0.2) is 0 Å². The van der Waals surface area contributed by atoms with Crippen molar-refractivity contribution >= 4 is 11.4 Å². The number of nitrogens with one attached hydrogen (secondary N) is 1. The smallest absolute Gasteiger partial charge is 0.292 e. The van der Waals surface area contributed by atoms with Crippen molar-refractivity contribution in [1.29, 1.82) is 0 Å². The molecule has 0 spiro atoms. The van der Waals surface area contributed by atoms with Crippen molar-refractivity contribution in [2.45, 2.75) is 64.0 Å². The van der Waals surface area contributed by atoms with Gasteiger partial charge in [0.1, 0.15) is 5.69 Å². The van der Waals surface area contributed by atoms with E-state index in [-0.39, 0.29) is 10.6 Å². The molecule has 1 saturated carbocycles. The van der Waals surface area contributed by atoms with Crippen LogP contribution in [-0.2, 0) is 0 Å². The number of benzene rings is 1. The maximum Gasteiger partial charge on any atom is 0.292 e. The van der Waals surface area contributed by atoms with Crippen molar-refractivity contribution < 1.29 is 4.92 Å². The lowest BCUT2D eigenvalue weighted by Crippen LogP contribution is -2.53. The number of nitro benzene ring substituents is 1. The monoisotopic (exact) mass is 331 g/mol. The lowest BCUT2D eigenvalue weighted by Gasteiger charge is -2.48. The number of nitrogens with zero attached hydrogens (tertiary/aromatic N) is 2. The number of likely N-dealkylation sites (tertiary alicyclic amines) is 1. The van der Waals surface area contributed by atoms with Crippen molar-refractivity contribution in [3.8, 4) is 0 Å². The van der Waals surface area contributed by atoms with Gasteiger partial charge in [-0.05, 0) is 57.4 Å². The van der Waals surface area contributed by atoms with Gasteiger partial charge >= 0.3 is 0 Å². The molecule has 1 aromatic carbocycles. The van der Waals surface area contributed by atoms with Crippen LogP contribution in [0.5, 0.6) is 0 Å². The van der Waals surface area contributed by atoms with Crippen molar-refractivity contribution in [3.05, 3.63) is 34.4 Å². The van der Waals surface area contributed by atoms with Crippen LogP contribution >= 0.6 is 0 Å². The maximum absolute atomic E-state index is 11.1. The summed E-state index contributed by atoms with van der Waals surface area (Å²) in [6.45, 7) is 6.96. The molecule has 5 heteroatoms. The number of rotatable bonds is 4. The van der Waals surface area contributed by atoms with E-state index in [4.69, 9.17) is 0 Å². The van der Waals surface area contributed by atoms with Crippen LogP contribution in [-0.4, -0.2) is 34.5 Å². The molecule has 2 fully saturated rings. The maximum atomic E-state index is 11.1. The number of piperidine rings is 1. The highest BCUT2D eigenvalue weighted by Gasteiger charge is 2.37. The summed E-state index contributed by atoms with van der Waals surface area (Å²) in [6.07, 6.45) is 7.39. The zero-order valence-corrected chi connectivity index (χ0v) is 14.8. The summed E-state index contributed by atoms with van der Waals surface area (Å²) in [5, 5.41) is 14.6. The van der Waals surface area contributed by atoms with Crippen LogP contribution in [0.15, 0.2) is 24.3 Å². The topological polar surface area (TPSA) is 58.4 Å². The first-order valence-electron chi connectivity index (χ1n) is 9.23. The van der Waals surface area contributed by atoms with E-state index in [0.717, 1.165) is 31.8 Å². The Bertz CT molecular complexity index is 574. The van der Waals surface area contributed by atoms with Crippen LogP contribution in [0.1, 0.15) is 52.4 Å². The summed E-state index contributed by atoms with van der Waals surface area (Å²) in [6, 6.07) is 7.29. The van der Waals surface area contributed by atoms with Gasteiger partial charge in [-0.1, -0.05) is 19.1 Å². The minimum absolute atomic E-state index is 0.174. The van der Waals surface area contributed by atoms with E-state index in [0.29, 0.717) is 17.3 Å². The van der Waals surface area contributed by atoms with E-state index in [1.807, 2.05) is 12.1 Å². The fraction of sp³-hybridized carbons (Fsp3) is 0.684. The highest BCUT2D eigenvalue weighted by molar-refractivity contribution is 5.61. The Hall–Kier alpha value is -1.62. The number of hydrogen-bond donors (Lipinski definition) is 1. The molecule has 0 atom stereocenters. The molecule has 1 aliphatic carbocycles. The average Bonchev–Trinajstić information content (AvgIpc) is 2.59. The zero-order valence-electron chi connectivity index (χ0n) is 14.8. The molecule has 1 aliphatic heterocycles. The summed E-state index contributed by atoms with van der Waals surface area (Å²) in [5.74, 6) is 0.871. The molecule has 24 heavy (non-hydrogen) atoms. The second kappa shape index (κ2) is 7.09. The predicted octanol–water partition coefficient (Wildman–Crippen LogP) is 4.44. The van der Waals surface area contributed by atoms with E-state index < -0.39 is 0 Å². The van der Waals surface area contributed by atoms with Crippen LogP contribution < -0.4 is 5.32 Å². The van der Waals surface area contributed by atoms with Gasteiger partial charge in [-0.3, -0.25) is 15.0 Å². The molecular formula is C19H29N3O2. The minimum atomic E-state index is -0.304. The van der Waals surface area contributed by atoms with Crippen LogP contribution in [0, 0.1) is 16.0 Å². The molecule has 0 amide bonds. The molecule has 2 aliphatic rings. The number of hydrogen-bond acceptors (Lipinski definition) is 4. The highest BCUT2D eigenvalue weighted by Crippen LogP contribution is 2.37. The average molecular weight is 331 g/mol. The van der Waals surface area contributed by atoms with Crippen LogP contribution in [0.2, 0.25) is 0 Å². The quantitative estimate of drug-likeness (QED) is 0.654. The fourth-order valence-corrected chi connectivity index (χ4v) is 4.24. The molecule has 1 aromatic rings. The van der Waals surface area contributed by atoms with Gasteiger partial charge in [0.15, 0.2) is 0 Å². The van der Waals surface area contributed by atoms with Crippen LogP contribution in [0.3, 0.4) is 0 Å². The largest absolute Gasteiger partial charge is 0.377 e. The first-order valence-corrected chi connectivity index (χ1v) is 9.23. The Balaban J connectivity index is 1.57. The fourth-order valence-electron chi connectivity index (χ4n) is 4.24. The van der Waals surface area contributed by atoms with E-state index in [1.165, 1.54) is 25.7 Å². The molecule has 1 saturated heterocycles. The zero-order chi connectivity index (χ0) is 17.2. The molecule has 0 bridgehead atoms. The Labute approximate surface area is 144 Å². The van der Waals surface area contributed by atoms with Gasteiger partial charge in [-0.15, -0.1) is 0 Å². The summed E-state index contributed by atoms with van der Waals surface area (Å²) >= 11 is 0. The van der Waals surface area contributed by atoms with E-state index in [9.17, 15) is 10.1 Å². The van der Waals surface area contributed by atoms with E-state index >= 15 is 0 Å². The second-order valence-electron chi connectivity index (χ2n) is 7.86. The molecule has 1 heterocycles. The summed E-state index contributed by atoms with van der Waals surface area (Å²) in [5.41, 5.74) is 1.18. The summed E-state index contributed by atoms with van der Waals surface area (Å²) in [4.78, 5) is 13.5. The number of nitro groups is 1. The third kappa shape index (κ3) is 3.72. The van der Waals surface area contributed by atoms with Gasteiger partial charge in [0.25, 0.3) is 5.69 Å². The molecule has 0 radical (unpaired) electrons. The van der Waals surface area contributed by atoms with E-state index in [2.05, 4.69) is 24.1 Å². The number of para-hydroxylation sites is 2. The molecule has 5 nitrogen and oxygen atoms in total. The first-order chi connectivity index (χ1) is 11.5. The second-order valence-corrected chi connectivity index (χ2v) is 7.86.